The zero-order valence-electron chi connectivity index (χ0n) is 17.1. The van der Waals surface area contributed by atoms with Crippen molar-refractivity contribution in [3.8, 4) is 17.3 Å². The minimum Gasteiger partial charge on any atom is -0.472 e. The molecule has 0 fully saturated rings. The summed E-state index contributed by atoms with van der Waals surface area (Å²) in [4.78, 5) is 22.5. The number of benzene rings is 2. The van der Waals surface area contributed by atoms with Crippen molar-refractivity contribution in [3.05, 3.63) is 80.2 Å². The second-order valence-electron chi connectivity index (χ2n) is 7.83. The second kappa shape index (κ2) is 8.07. The summed E-state index contributed by atoms with van der Waals surface area (Å²) in [5.41, 5.74) is 4.38. The molecule has 2 aromatic heterocycles. The van der Waals surface area contributed by atoms with Crippen molar-refractivity contribution in [1.29, 1.82) is 0 Å². The maximum absolute atomic E-state index is 11.0. The molecule has 0 saturated carbocycles. The van der Waals surface area contributed by atoms with E-state index in [9.17, 15) is 10.1 Å². The van der Waals surface area contributed by atoms with Crippen molar-refractivity contribution in [2.45, 2.75) is 39.2 Å². The number of aryl methyl sites for hydroxylation is 3. The molecule has 0 radical (unpaired) electrons. The molecule has 1 aliphatic carbocycles. The van der Waals surface area contributed by atoms with Gasteiger partial charge < -0.3 is 4.74 Å². The van der Waals surface area contributed by atoms with Crippen molar-refractivity contribution in [3.63, 3.8) is 0 Å². The first-order chi connectivity index (χ1) is 15.1. The van der Waals surface area contributed by atoms with Gasteiger partial charge in [0.1, 0.15) is 11.4 Å². The molecule has 0 atom stereocenters. The largest absolute Gasteiger partial charge is 0.472 e. The number of nitro groups is 1. The van der Waals surface area contributed by atoms with Crippen molar-refractivity contribution in [1.82, 2.24) is 9.97 Å². The molecule has 156 valence electrons. The van der Waals surface area contributed by atoms with Crippen LogP contribution in [0.4, 0.5) is 5.69 Å². The third-order valence-corrected chi connectivity index (χ3v) is 6.76. The van der Waals surface area contributed by atoms with E-state index in [2.05, 4.69) is 19.1 Å². The van der Waals surface area contributed by atoms with Gasteiger partial charge in [0.2, 0.25) is 5.88 Å². The van der Waals surface area contributed by atoms with E-state index in [1.165, 1.54) is 41.0 Å². The lowest BCUT2D eigenvalue weighted by atomic mass is 9.97. The van der Waals surface area contributed by atoms with Crippen LogP contribution in [0.2, 0.25) is 0 Å². The van der Waals surface area contributed by atoms with Gasteiger partial charge in [-0.1, -0.05) is 29.8 Å². The number of non-ortho nitro benzene ring substituents is 1. The van der Waals surface area contributed by atoms with Crippen LogP contribution in [0.15, 0.2) is 48.5 Å². The number of fused-ring (bicyclic) bond motifs is 3. The number of nitro benzene ring substituents is 1. The summed E-state index contributed by atoms with van der Waals surface area (Å²) in [7, 11) is 0. The predicted octanol–water partition coefficient (Wildman–Crippen LogP) is 6.03. The molecule has 31 heavy (non-hydrogen) atoms. The van der Waals surface area contributed by atoms with Gasteiger partial charge >= 0.3 is 0 Å². The summed E-state index contributed by atoms with van der Waals surface area (Å²) in [6.07, 6.45) is 4.46. The van der Waals surface area contributed by atoms with Crippen LogP contribution >= 0.6 is 11.3 Å². The fraction of sp³-hybridized carbons (Fsp3) is 0.250. The lowest BCUT2D eigenvalue weighted by Crippen LogP contribution is -2.03. The molecule has 0 aliphatic heterocycles. The molecule has 0 amide bonds. The molecule has 0 spiro atoms. The summed E-state index contributed by atoms with van der Waals surface area (Å²) in [6.45, 7) is 2.49. The fourth-order valence-corrected chi connectivity index (χ4v) is 5.30. The molecule has 2 heterocycles. The standard InChI is InChI=1S/C24H21N3O3S/c1-15-5-4-6-16(13-15)14-30-23-21-19-7-2-3-8-20(19)31-24(21)26-22(25-23)17-9-11-18(12-10-17)27(28)29/h4-6,9-13H,2-3,7-8,14H2,1H3. The van der Waals surface area contributed by atoms with Gasteiger partial charge in [-0.2, -0.15) is 4.98 Å². The smallest absolute Gasteiger partial charge is 0.269 e. The van der Waals surface area contributed by atoms with E-state index in [1.54, 1.807) is 23.5 Å². The highest BCUT2D eigenvalue weighted by Gasteiger charge is 2.22. The number of aromatic nitrogens is 2. The number of ether oxygens (including phenoxy) is 1. The molecule has 5 rings (SSSR count). The molecule has 2 aromatic carbocycles. The number of nitrogens with zero attached hydrogens (tertiary/aromatic N) is 3. The monoisotopic (exact) mass is 431 g/mol. The summed E-state index contributed by atoms with van der Waals surface area (Å²) in [5, 5.41) is 12.0. The Morgan fingerprint density at radius 3 is 2.68 bits per heavy atom. The van der Waals surface area contributed by atoms with Crippen LogP contribution in [-0.4, -0.2) is 14.9 Å². The molecule has 7 heteroatoms. The first kappa shape index (κ1) is 19.6. The van der Waals surface area contributed by atoms with E-state index in [-0.39, 0.29) is 5.69 Å². The minimum atomic E-state index is -0.405. The van der Waals surface area contributed by atoms with Crippen LogP contribution in [0.3, 0.4) is 0 Å². The van der Waals surface area contributed by atoms with E-state index in [0.29, 0.717) is 18.3 Å². The Morgan fingerprint density at radius 2 is 1.90 bits per heavy atom. The van der Waals surface area contributed by atoms with Crippen molar-refractivity contribution in [2.75, 3.05) is 0 Å². The van der Waals surface area contributed by atoms with Gasteiger partial charge in [-0.25, -0.2) is 4.98 Å². The maximum atomic E-state index is 11.0. The molecule has 0 saturated heterocycles. The van der Waals surface area contributed by atoms with E-state index in [4.69, 9.17) is 14.7 Å². The molecule has 4 aromatic rings. The Balaban J connectivity index is 1.58. The van der Waals surface area contributed by atoms with Crippen molar-refractivity contribution in [2.24, 2.45) is 0 Å². The van der Waals surface area contributed by atoms with Crippen molar-refractivity contribution >= 4 is 27.2 Å². The summed E-state index contributed by atoms with van der Waals surface area (Å²) in [5.74, 6) is 1.12. The summed E-state index contributed by atoms with van der Waals surface area (Å²) in [6, 6.07) is 14.6. The van der Waals surface area contributed by atoms with Gasteiger partial charge in [-0.05, 0) is 55.9 Å². The molecule has 0 N–H and O–H groups in total. The van der Waals surface area contributed by atoms with E-state index in [0.717, 1.165) is 34.2 Å². The van der Waals surface area contributed by atoms with Crippen LogP contribution in [0.5, 0.6) is 5.88 Å². The molecule has 1 aliphatic rings. The molecular formula is C24H21N3O3S. The Hall–Kier alpha value is -3.32. The first-order valence-corrected chi connectivity index (χ1v) is 11.2. The molecule has 6 nitrogen and oxygen atoms in total. The van der Waals surface area contributed by atoms with Gasteiger partial charge in [0.05, 0.1) is 10.3 Å². The fourth-order valence-electron chi connectivity index (χ4n) is 4.04. The Kier molecular flexibility index (Phi) is 5.11. The quantitative estimate of drug-likeness (QED) is 0.285. The summed E-state index contributed by atoms with van der Waals surface area (Å²) >= 11 is 1.72. The van der Waals surface area contributed by atoms with Gasteiger partial charge in [0, 0.05) is 22.6 Å². The zero-order chi connectivity index (χ0) is 21.4. The van der Waals surface area contributed by atoms with Crippen LogP contribution in [-0.2, 0) is 19.4 Å². The first-order valence-electron chi connectivity index (χ1n) is 10.3. The normalized spacial score (nSPS) is 13.2. The third kappa shape index (κ3) is 3.88. The zero-order valence-corrected chi connectivity index (χ0v) is 17.9. The molecular weight excluding hydrogens is 410 g/mol. The van der Waals surface area contributed by atoms with Crippen LogP contribution in [0.1, 0.15) is 34.4 Å². The van der Waals surface area contributed by atoms with E-state index >= 15 is 0 Å². The Morgan fingerprint density at radius 1 is 1.10 bits per heavy atom. The van der Waals surface area contributed by atoms with Gasteiger partial charge in [-0.15, -0.1) is 11.3 Å². The van der Waals surface area contributed by atoms with Crippen LogP contribution in [0.25, 0.3) is 21.6 Å². The molecule has 0 bridgehead atoms. The number of hydrogen-bond acceptors (Lipinski definition) is 6. The lowest BCUT2D eigenvalue weighted by Gasteiger charge is -2.13. The van der Waals surface area contributed by atoms with Crippen molar-refractivity contribution < 1.29 is 9.66 Å². The van der Waals surface area contributed by atoms with Gasteiger partial charge in [0.25, 0.3) is 5.69 Å². The Labute approximate surface area is 183 Å². The van der Waals surface area contributed by atoms with Gasteiger partial charge in [-0.3, -0.25) is 10.1 Å². The minimum absolute atomic E-state index is 0.0485. The van der Waals surface area contributed by atoms with Crippen LogP contribution < -0.4 is 4.74 Å². The van der Waals surface area contributed by atoms with E-state index < -0.39 is 4.92 Å². The highest BCUT2D eigenvalue weighted by Crippen LogP contribution is 2.40. The van der Waals surface area contributed by atoms with Gasteiger partial charge in [0.15, 0.2) is 5.82 Å². The highest BCUT2D eigenvalue weighted by atomic mass is 32.1. The average molecular weight is 432 g/mol. The summed E-state index contributed by atoms with van der Waals surface area (Å²) < 4.78 is 6.26. The van der Waals surface area contributed by atoms with E-state index in [1.807, 2.05) is 12.1 Å². The lowest BCUT2D eigenvalue weighted by molar-refractivity contribution is -0.384. The topological polar surface area (TPSA) is 78.2 Å². The second-order valence-corrected chi connectivity index (χ2v) is 8.91. The Bertz CT molecular complexity index is 1280. The highest BCUT2D eigenvalue weighted by molar-refractivity contribution is 7.18. The average Bonchev–Trinajstić information content (AvgIpc) is 3.16. The molecule has 0 unspecified atom stereocenters. The maximum Gasteiger partial charge on any atom is 0.269 e. The predicted molar refractivity (Wildman–Crippen MR) is 122 cm³/mol. The SMILES string of the molecule is Cc1cccc(COc2nc(-c3ccc([N+](=O)[O-])cc3)nc3sc4c(c23)CCCC4)c1. The number of hydrogen-bond donors (Lipinski definition) is 0. The number of rotatable bonds is 5. The number of thiophene rings is 1. The third-order valence-electron chi connectivity index (χ3n) is 5.58. The van der Waals surface area contributed by atoms with Crippen LogP contribution in [0, 0.1) is 17.0 Å².